The molecule has 0 radical (unpaired) electrons. The van der Waals surface area contributed by atoms with Gasteiger partial charge in [0.15, 0.2) is 0 Å². The second kappa shape index (κ2) is 6.93. The molecule has 1 atom stereocenters. The molecule has 1 aliphatic rings. The van der Waals surface area contributed by atoms with E-state index in [4.69, 9.17) is 4.74 Å². The summed E-state index contributed by atoms with van der Waals surface area (Å²) in [5, 5.41) is 4.69. The van der Waals surface area contributed by atoms with Crippen LogP contribution in [0.3, 0.4) is 0 Å². The Hall–Kier alpha value is -2.18. The van der Waals surface area contributed by atoms with Crippen molar-refractivity contribution in [3.05, 3.63) is 52.2 Å². The van der Waals surface area contributed by atoms with Crippen molar-refractivity contribution in [2.24, 2.45) is 0 Å². The van der Waals surface area contributed by atoms with Crippen molar-refractivity contribution in [3.63, 3.8) is 0 Å². The Morgan fingerprint density at radius 3 is 2.83 bits per heavy atom. The molecule has 0 bridgehead atoms. The molecule has 1 aromatic carbocycles. The fraction of sp³-hybridized carbons (Fsp3) is 0.294. The van der Waals surface area contributed by atoms with Crippen molar-refractivity contribution in [2.45, 2.75) is 13.0 Å². The summed E-state index contributed by atoms with van der Waals surface area (Å²) >= 11 is 1.37. The van der Waals surface area contributed by atoms with Crippen LogP contribution < -0.4 is 5.32 Å². The minimum Gasteiger partial charge on any atom is -0.375 e. The normalized spacial score (nSPS) is 17.8. The molecular weight excluding hydrogens is 312 g/mol. The van der Waals surface area contributed by atoms with E-state index >= 15 is 0 Å². The van der Waals surface area contributed by atoms with Gasteiger partial charge in [0, 0.05) is 13.1 Å². The molecule has 0 spiro atoms. The molecule has 1 saturated heterocycles. The molecule has 2 heterocycles. The van der Waals surface area contributed by atoms with Crippen LogP contribution >= 0.6 is 11.3 Å². The van der Waals surface area contributed by atoms with Gasteiger partial charge in [-0.25, -0.2) is 0 Å². The summed E-state index contributed by atoms with van der Waals surface area (Å²) in [5.41, 5.74) is 1.04. The van der Waals surface area contributed by atoms with Crippen LogP contribution in [0, 0.1) is 0 Å². The molecule has 3 rings (SSSR count). The van der Waals surface area contributed by atoms with E-state index in [2.05, 4.69) is 5.32 Å². The average molecular weight is 330 g/mol. The first-order valence-electron chi connectivity index (χ1n) is 7.50. The molecule has 120 valence electrons. The number of carbonyl (C=O) groups excluding carboxylic acids is 2. The van der Waals surface area contributed by atoms with Crippen molar-refractivity contribution in [1.29, 1.82) is 0 Å². The molecule has 23 heavy (non-hydrogen) atoms. The Bertz CT molecular complexity index is 700. The number of nitrogens with zero attached hydrogens (tertiary/aromatic N) is 1. The maximum absolute atomic E-state index is 12.8. The predicted molar refractivity (Wildman–Crippen MR) is 90.0 cm³/mol. The van der Waals surface area contributed by atoms with E-state index in [0.717, 1.165) is 0 Å². The van der Waals surface area contributed by atoms with Gasteiger partial charge in [0.2, 0.25) is 0 Å². The van der Waals surface area contributed by atoms with Crippen molar-refractivity contribution < 1.29 is 14.3 Å². The number of hydrogen-bond donors (Lipinski definition) is 1. The van der Waals surface area contributed by atoms with Gasteiger partial charge in [0.1, 0.15) is 0 Å². The molecule has 1 N–H and O–H groups in total. The molecule has 1 aliphatic heterocycles. The third-order valence-electron chi connectivity index (χ3n) is 3.68. The fourth-order valence-corrected chi connectivity index (χ4v) is 3.16. The van der Waals surface area contributed by atoms with Crippen molar-refractivity contribution in [3.8, 4) is 0 Å². The highest BCUT2D eigenvalue weighted by Gasteiger charge is 2.24. The summed E-state index contributed by atoms with van der Waals surface area (Å²) < 4.78 is 5.48. The van der Waals surface area contributed by atoms with E-state index in [1.54, 1.807) is 29.2 Å². The number of carbonyl (C=O) groups is 2. The topological polar surface area (TPSA) is 58.6 Å². The summed E-state index contributed by atoms with van der Waals surface area (Å²) in [4.78, 5) is 27.4. The lowest BCUT2D eigenvalue weighted by molar-refractivity contribution is -0.0123. The van der Waals surface area contributed by atoms with Crippen LogP contribution in [0.15, 0.2) is 41.8 Å². The molecule has 0 aliphatic carbocycles. The molecule has 1 fully saturated rings. The lowest BCUT2D eigenvalue weighted by Crippen LogP contribution is -2.44. The van der Waals surface area contributed by atoms with Crippen LogP contribution in [0.25, 0.3) is 0 Å². The van der Waals surface area contributed by atoms with Gasteiger partial charge >= 0.3 is 0 Å². The van der Waals surface area contributed by atoms with Gasteiger partial charge in [-0.05, 0) is 30.5 Å². The number of morpholine rings is 1. The van der Waals surface area contributed by atoms with Crippen LogP contribution in [0.4, 0.5) is 5.69 Å². The van der Waals surface area contributed by atoms with Crippen molar-refractivity contribution in [1.82, 2.24) is 4.90 Å². The van der Waals surface area contributed by atoms with E-state index in [1.165, 1.54) is 11.3 Å². The minimum atomic E-state index is -0.199. The van der Waals surface area contributed by atoms with E-state index in [-0.39, 0.29) is 17.9 Å². The zero-order valence-electron chi connectivity index (χ0n) is 12.8. The van der Waals surface area contributed by atoms with Crippen molar-refractivity contribution >= 4 is 28.8 Å². The van der Waals surface area contributed by atoms with Crippen LogP contribution in [0.2, 0.25) is 0 Å². The van der Waals surface area contributed by atoms with Gasteiger partial charge in [-0.1, -0.05) is 18.2 Å². The zero-order chi connectivity index (χ0) is 16.2. The summed E-state index contributed by atoms with van der Waals surface area (Å²) in [5.74, 6) is -0.280. The Labute approximate surface area is 138 Å². The highest BCUT2D eigenvalue weighted by atomic mass is 32.1. The van der Waals surface area contributed by atoms with Crippen molar-refractivity contribution in [2.75, 3.05) is 25.0 Å². The number of anilines is 1. The third-order valence-corrected chi connectivity index (χ3v) is 4.55. The molecule has 6 heteroatoms. The Balaban J connectivity index is 1.80. The second-order valence-corrected chi connectivity index (χ2v) is 6.36. The number of amides is 2. The van der Waals surface area contributed by atoms with Crippen LogP contribution in [-0.4, -0.2) is 42.5 Å². The Kier molecular flexibility index (Phi) is 4.73. The Morgan fingerprint density at radius 1 is 1.26 bits per heavy atom. The number of rotatable bonds is 3. The molecule has 1 aromatic heterocycles. The van der Waals surface area contributed by atoms with E-state index in [1.807, 2.05) is 24.4 Å². The van der Waals surface area contributed by atoms with Gasteiger partial charge < -0.3 is 15.0 Å². The van der Waals surface area contributed by atoms with Crippen LogP contribution in [0.1, 0.15) is 27.0 Å². The SMILES string of the molecule is CC1CN(C(=O)c2ccccc2NC(=O)c2cccs2)CCO1. The minimum absolute atomic E-state index is 0.0283. The summed E-state index contributed by atoms with van der Waals surface area (Å²) in [6.45, 7) is 3.61. The average Bonchev–Trinajstić information content (AvgIpc) is 3.09. The summed E-state index contributed by atoms with van der Waals surface area (Å²) in [7, 11) is 0. The van der Waals surface area contributed by atoms with E-state index < -0.39 is 0 Å². The third kappa shape index (κ3) is 3.60. The molecular formula is C17H18N2O3S. The lowest BCUT2D eigenvalue weighted by atomic mass is 10.1. The zero-order valence-corrected chi connectivity index (χ0v) is 13.6. The lowest BCUT2D eigenvalue weighted by Gasteiger charge is -2.31. The maximum atomic E-state index is 12.8. The fourth-order valence-electron chi connectivity index (χ4n) is 2.54. The first-order valence-corrected chi connectivity index (χ1v) is 8.38. The standard InChI is InChI=1S/C17H18N2O3S/c1-12-11-19(8-9-22-12)17(21)13-5-2-3-6-14(13)18-16(20)15-7-4-10-23-15/h2-7,10,12H,8-9,11H2,1H3,(H,18,20). The maximum Gasteiger partial charge on any atom is 0.265 e. The van der Waals surface area contributed by atoms with Crippen LogP contribution in [0.5, 0.6) is 0 Å². The molecule has 5 nitrogen and oxygen atoms in total. The largest absolute Gasteiger partial charge is 0.375 e. The smallest absolute Gasteiger partial charge is 0.265 e. The molecule has 2 aromatic rings. The molecule has 1 unspecified atom stereocenters. The first-order chi connectivity index (χ1) is 11.1. The summed E-state index contributed by atoms with van der Waals surface area (Å²) in [6.07, 6.45) is 0.0283. The number of para-hydroxylation sites is 1. The van der Waals surface area contributed by atoms with Crippen LogP contribution in [-0.2, 0) is 4.74 Å². The quantitative estimate of drug-likeness (QED) is 0.941. The summed E-state index contributed by atoms with van der Waals surface area (Å²) in [6, 6.07) is 10.7. The van der Waals surface area contributed by atoms with Gasteiger partial charge in [-0.2, -0.15) is 0 Å². The molecule has 0 saturated carbocycles. The van der Waals surface area contributed by atoms with E-state index in [9.17, 15) is 9.59 Å². The highest BCUT2D eigenvalue weighted by molar-refractivity contribution is 7.12. The Morgan fingerprint density at radius 2 is 2.09 bits per heavy atom. The monoisotopic (exact) mass is 330 g/mol. The van der Waals surface area contributed by atoms with Gasteiger partial charge in [0.05, 0.1) is 28.8 Å². The number of thiophene rings is 1. The van der Waals surface area contributed by atoms with Gasteiger partial charge in [-0.15, -0.1) is 11.3 Å². The number of nitrogens with one attached hydrogen (secondary N) is 1. The number of hydrogen-bond acceptors (Lipinski definition) is 4. The molecule has 2 amide bonds. The van der Waals surface area contributed by atoms with E-state index in [0.29, 0.717) is 35.8 Å². The van der Waals surface area contributed by atoms with Gasteiger partial charge in [0.25, 0.3) is 11.8 Å². The predicted octanol–water partition coefficient (Wildman–Crippen LogP) is 2.86. The number of ether oxygens (including phenoxy) is 1. The first kappa shape index (κ1) is 15.7. The second-order valence-electron chi connectivity index (χ2n) is 5.41. The number of benzene rings is 1. The van der Waals surface area contributed by atoms with Gasteiger partial charge in [-0.3, -0.25) is 9.59 Å². The highest BCUT2D eigenvalue weighted by Crippen LogP contribution is 2.20.